The van der Waals surface area contributed by atoms with Gasteiger partial charge in [0.25, 0.3) is 0 Å². The number of amides is 1. The van der Waals surface area contributed by atoms with E-state index in [1.807, 2.05) is 0 Å². The molecule has 1 amide bonds. The number of hydrogen-bond donors (Lipinski definition) is 2. The summed E-state index contributed by atoms with van der Waals surface area (Å²) in [5.41, 5.74) is 4.18. The minimum atomic E-state index is -4.62. The number of nitrogen functional groups attached to an aromatic ring is 1. The van der Waals surface area contributed by atoms with Crippen LogP contribution in [0, 0.1) is 0 Å². The Morgan fingerprint density at radius 1 is 1.43 bits per heavy atom. The molecule has 0 aliphatic heterocycles. The maximum absolute atomic E-state index is 12.7. The largest absolute Gasteiger partial charge is 0.433 e. The van der Waals surface area contributed by atoms with Crippen LogP contribution in [0.5, 0.6) is 0 Å². The van der Waals surface area contributed by atoms with Gasteiger partial charge in [-0.05, 0) is 20.8 Å². The van der Waals surface area contributed by atoms with Crippen LogP contribution in [0.1, 0.15) is 26.5 Å². The van der Waals surface area contributed by atoms with Crippen LogP contribution in [0.15, 0.2) is 6.07 Å². The molecule has 0 unspecified atom stereocenters. The van der Waals surface area contributed by atoms with Gasteiger partial charge < -0.3 is 16.0 Å². The molecule has 0 aliphatic rings. The highest BCUT2D eigenvalue weighted by atomic mass is 19.4. The lowest BCUT2D eigenvalue weighted by molar-refractivity contribution is -0.141. The van der Waals surface area contributed by atoms with Gasteiger partial charge in [-0.15, -0.1) is 0 Å². The molecule has 0 saturated carbocycles. The first-order valence-electron chi connectivity index (χ1n) is 6.39. The Hall–Kier alpha value is -2.06. The fourth-order valence-corrected chi connectivity index (χ4v) is 1.66. The van der Waals surface area contributed by atoms with Crippen LogP contribution in [0.25, 0.3) is 0 Å². The predicted molar refractivity (Wildman–Crippen MR) is 72.6 cm³/mol. The molecule has 1 aromatic rings. The predicted octanol–water partition coefficient (Wildman–Crippen LogP) is 1.43. The number of nitrogens with zero attached hydrogens (tertiary/aromatic N) is 3. The van der Waals surface area contributed by atoms with Gasteiger partial charge in [0.1, 0.15) is 5.82 Å². The minimum Gasteiger partial charge on any atom is -0.368 e. The molecule has 21 heavy (non-hydrogen) atoms. The van der Waals surface area contributed by atoms with Crippen molar-refractivity contribution >= 4 is 17.7 Å². The third-order valence-corrected chi connectivity index (χ3v) is 2.51. The van der Waals surface area contributed by atoms with Crippen molar-refractivity contribution in [3.05, 3.63) is 11.8 Å². The molecule has 118 valence electrons. The highest BCUT2D eigenvalue weighted by Crippen LogP contribution is 2.30. The van der Waals surface area contributed by atoms with Crippen molar-refractivity contribution in [1.29, 1.82) is 0 Å². The first kappa shape index (κ1) is 17.0. The summed E-state index contributed by atoms with van der Waals surface area (Å²) in [7, 11) is 0. The van der Waals surface area contributed by atoms with E-state index < -0.39 is 17.8 Å². The van der Waals surface area contributed by atoms with Crippen LogP contribution in [0.2, 0.25) is 0 Å². The van der Waals surface area contributed by atoms with E-state index in [0.29, 0.717) is 6.54 Å². The Bertz CT molecular complexity index is 504. The highest BCUT2D eigenvalue weighted by molar-refractivity contribution is 5.81. The molecule has 3 N–H and O–H groups in total. The lowest BCUT2D eigenvalue weighted by Gasteiger charge is -2.22. The molecule has 9 heteroatoms. The molecular weight excluding hydrogens is 287 g/mol. The maximum atomic E-state index is 12.7. The number of nitrogens with two attached hydrogens (primary N) is 1. The Morgan fingerprint density at radius 3 is 2.52 bits per heavy atom. The summed E-state index contributed by atoms with van der Waals surface area (Å²) in [5.74, 6) is -0.823. The van der Waals surface area contributed by atoms with Gasteiger partial charge in [-0.3, -0.25) is 4.79 Å². The van der Waals surface area contributed by atoms with E-state index in [9.17, 15) is 18.0 Å². The first-order chi connectivity index (χ1) is 9.63. The molecule has 1 aromatic heterocycles. The van der Waals surface area contributed by atoms with Crippen molar-refractivity contribution in [3.8, 4) is 0 Å². The smallest absolute Gasteiger partial charge is 0.368 e. The van der Waals surface area contributed by atoms with E-state index in [4.69, 9.17) is 5.73 Å². The molecular formula is C12H18F3N5O. The number of nitrogens with one attached hydrogen (secondary N) is 1. The maximum Gasteiger partial charge on any atom is 0.433 e. The minimum absolute atomic E-state index is 0.0313. The van der Waals surface area contributed by atoms with Crippen molar-refractivity contribution in [2.75, 3.05) is 23.7 Å². The summed E-state index contributed by atoms with van der Waals surface area (Å²) in [5, 5.41) is 2.66. The average Bonchev–Trinajstić information content (AvgIpc) is 2.33. The summed E-state index contributed by atoms with van der Waals surface area (Å²) in [6, 6.07) is 0.722. The molecule has 0 fully saturated rings. The third-order valence-electron chi connectivity index (χ3n) is 2.51. The Labute approximate surface area is 120 Å². The number of carbonyl (C=O) groups is 1. The highest BCUT2D eigenvalue weighted by Gasteiger charge is 2.34. The molecule has 1 heterocycles. The molecule has 0 aliphatic carbocycles. The van der Waals surface area contributed by atoms with Gasteiger partial charge in [0, 0.05) is 18.7 Å². The molecule has 0 aromatic carbocycles. The molecule has 0 saturated heterocycles. The van der Waals surface area contributed by atoms with E-state index in [-0.39, 0.29) is 24.3 Å². The quantitative estimate of drug-likeness (QED) is 0.859. The van der Waals surface area contributed by atoms with Gasteiger partial charge in [-0.2, -0.15) is 18.2 Å². The number of halogens is 3. The number of anilines is 2. The van der Waals surface area contributed by atoms with Gasteiger partial charge in [0.05, 0.1) is 6.54 Å². The summed E-state index contributed by atoms with van der Waals surface area (Å²) in [6.45, 7) is 5.48. The van der Waals surface area contributed by atoms with Gasteiger partial charge in [0.15, 0.2) is 5.69 Å². The first-order valence-corrected chi connectivity index (χ1v) is 6.39. The SMILES string of the molecule is CCN(CC(=O)NC(C)C)c1cc(C(F)(F)F)nc(N)n1. The average molecular weight is 305 g/mol. The van der Waals surface area contributed by atoms with Crippen LogP contribution in [-0.4, -0.2) is 35.0 Å². The lowest BCUT2D eigenvalue weighted by atomic mass is 10.3. The standard InChI is InChI=1S/C12H18F3N5O/c1-4-20(6-10(21)17-7(2)3)9-5-8(12(13,14)15)18-11(16)19-9/h5,7H,4,6H2,1-3H3,(H,17,21)(H2,16,18,19). The molecule has 0 radical (unpaired) electrons. The van der Waals surface area contributed by atoms with E-state index in [0.717, 1.165) is 6.07 Å². The van der Waals surface area contributed by atoms with E-state index >= 15 is 0 Å². The van der Waals surface area contributed by atoms with Crippen LogP contribution in [-0.2, 0) is 11.0 Å². The number of alkyl halides is 3. The Balaban J connectivity index is 3.00. The molecule has 0 atom stereocenters. The van der Waals surface area contributed by atoms with Crippen LogP contribution in [0.3, 0.4) is 0 Å². The van der Waals surface area contributed by atoms with Crippen molar-refractivity contribution in [1.82, 2.24) is 15.3 Å². The summed E-state index contributed by atoms with van der Waals surface area (Å²) in [4.78, 5) is 20.0. The fourth-order valence-electron chi connectivity index (χ4n) is 1.66. The summed E-state index contributed by atoms with van der Waals surface area (Å²) in [6.07, 6.45) is -4.62. The molecule has 0 spiro atoms. The number of hydrogen-bond acceptors (Lipinski definition) is 5. The van der Waals surface area contributed by atoms with Crippen molar-refractivity contribution in [3.63, 3.8) is 0 Å². The van der Waals surface area contributed by atoms with Gasteiger partial charge in [0.2, 0.25) is 11.9 Å². The zero-order valence-electron chi connectivity index (χ0n) is 12.0. The van der Waals surface area contributed by atoms with Crippen molar-refractivity contribution in [2.45, 2.75) is 33.0 Å². The van der Waals surface area contributed by atoms with Gasteiger partial charge >= 0.3 is 6.18 Å². The summed E-state index contributed by atoms with van der Waals surface area (Å²) < 4.78 is 38.1. The zero-order chi connectivity index (χ0) is 16.2. The lowest BCUT2D eigenvalue weighted by Crippen LogP contribution is -2.40. The second-order valence-corrected chi connectivity index (χ2v) is 4.70. The van der Waals surface area contributed by atoms with Crippen molar-refractivity contribution in [2.24, 2.45) is 0 Å². The molecule has 0 bridgehead atoms. The summed E-state index contributed by atoms with van der Waals surface area (Å²) >= 11 is 0. The van der Waals surface area contributed by atoms with Crippen LogP contribution >= 0.6 is 0 Å². The molecule has 6 nitrogen and oxygen atoms in total. The number of rotatable bonds is 5. The topological polar surface area (TPSA) is 84.1 Å². The Morgan fingerprint density at radius 2 is 2.05 bits per heavy atom. The number of likely N-dealkylation sites (N-methyl/N-ethyl adjacent to an activating group) is 1. The number of carbonyl (C=O) groups excluding carboxylic acids is 1. The molecule has 1 rings (SSSR count). The van der Waals surface area contributed by atoms with E-state index in [1.165, 1.54) is 4.90 Å². The van der Waals surface area contributed by atoms with E-state index in [2.05, 4.69) is 15.3 Å². The monoisotopic (exact) mass is 305 g/mol. The van der Waals surface area contributed by atoms with Crippen molar-refractivity contribution < 1.29 is 18.0 Å². The third kappa shape index (κ3) is 5.09. The normalized spacial score (nSPS) is 11.6. The second-order valence-electron chi connectivity index (χ2n) is 4.70. The second kappa shape index (κ2) is 6.59. The van der Waals surface area contributed by atoms with Crippen LogP contribution < -0.4 is 16.0 Å². The van der Waals surface area contributed by atoms with Crippen LogP contribution in [0.4, 0.5) is 24.9 Å². The van der Waals surface area contributed by atoms with Gasteiger partial charge in [-0.25, -0.2) is 4.98 Å². The zero-order valence-corrected chi connectivity index (χ0v) is 12.0. The Kier molecular flexibility index (Phi) is 5.34. The van der Waals surface area contributed by atoms with E-state index in [1.54, 1.807) is 20.8 Å². The van der Waals surface area contributed by atoms with Gasteiger partial charge in [-0.1, -0.05) is 0 Å². The number of aromatic nitrogens is 2. The fraction of sp³-hybridized carbons (Fsp3) is 0.583.